The van der Waals surface area contributed by atoms with Crippen molar-refractivity contribution in [3.05, 3.63) is 82.0 Å². The fourth-order valence-corrected chi connectivity index (χ4v) is 7.03. The molecule has 1 fully saturated rings. The first-order chi connectivity index (χ1) is 18.3. The minimum absolute atomic E-state index is 0.0458. The molecule has 10 nitrogen and oxygen atoms in total. The van der Waals surface area contributed by atoms with Crippen LogP contribution in [0.3, 0.4) is 0 Å². The fraction of sp³-hybridized carbons (Fsp3) is 0.346. The minimum atomic E-state index is -3.36. The Bertz CT molecular complexity index is 1530. The number of hydrogen-bond acceptors (Lipinski definition) is 8. The molecule has 1 N–H and O–H groups in total. The van der Waals surface area contributed by atoms with Gasteiger partial charge in [-0.1, -0.05) is 6.07 Å². The number of hydrogen-bond donors (Lipinski definition) is 1. The van der Waals surface area contributed by atoms with Crippen LogP contribution >= 0.6 is 11.3 Å². The predicted molar refractivity (Wildman–Crippen MR) is 146 cm³/mol. The van der Waals surface area contributed by atoms with Crippen LogP contribution in [0.1, 0.15) is 51.3 Å². The van der Waals surface area contributed by atoms with E-state index < -0.39 is 10.0 Å². The molecule has 1 amide bonds. The third-order valence-electron chi connectivity index (χ3n) is 6.54. The highest BCUT2D eigenvalue weighted by molar-refractivity contribution is 7.89. The van der Waals surface area contributed by atoms with Crippen molar-refractivity contribution in [3.63, 3.8) is 0 Å². The van der Waals surface area contributed by atoms with Crippen molar-refractivity contribution in [3.8, 4) is 5.82 Å². The van der Waals surface area contributed by atoms with E-state index in [9.17, 15) is 13.2 Å². The molecule has 0 aliphatic carbocycles. The number of nitrogens with one attached hydrogen (secondary N) is 1. The lowest BCUT2D eigenvalue weighted by Crippen LogP contribution is -2.39. The molecular formula is C26H29N7O3S2. The monoisotopic (exact) mass is 551 g/mol. The molecule has 5 rings (SSSR count). The second-order valence-corrected chi connectivity index (χ2v) is 12.3. The van der Waals surface area contributed by atoms with Crippen LogP contribution in [0, 0.1) is 13.8 Å². The Morgan fingerprint density at radius 2 is 1.89 bits per heavy atom. The van der Waals surface area contributed by atoms with E-state index in [0.717, 1.165) is 22.1 Å². The standard InChI is InChI=1S/C26H29N7O3S2/c1-18-16-19(2)33(31-18)24-22(7-5-12-28-24)29-25(34)23-17-37-26(30-23)20-8-13-32(14-9-20)38(35,36)15-10-21-6-3-4-11-27-21/h3-7,11-12,16-17,20H,8-10,13-15H2,1-2H3,(H,29,34). The molecule has 0 unspecified atom stereocenters. The molecule has 1 aliphatic heterocycles. The molecule has 12 heteroatoms. The molecule has 5 heterocycles. The average Bonchev–Trinajstić information content (AvgIpc) is 3.55. The van der Waals surface area contributed by atoms with Gasteiger partial charge in [-0.25, -0.2) is 27.4 Å². The van der Waals surface area contributed by atoms with Crippen LogP contribution in [-0.2, 0) is 16.4 Å². The number of sulfonamides is 1. The topological polar surface area (TPSA) is 123 Å². The lowest BCUT2D eigenvalue weighted by molar-refractivity contribution is 0.102. The SMILES string of the molecule is Cc1cc(C)n(-c2ncccc2NC(=O)c2csc(C3CCN(S(=O)(=O)CCc4ccccn4)CC3)n2)n1. The Morgan fingerprint density at radius 1 is 1.11 bits per heavy atom. The van der Waals surface area contributed by atoms with Gasteiger partial charge in [0.05, 0.1) is 22.1 Å². The fourth-order valence-electron chi connectivity index (χ4n) is 4.56. The third-order valence-corrected chi connectivity index (χ3v) is 9.42. The molecular weight excluding hydrogens is 522 g/mol. The van der Waals surface area contributed by atoms with Crippen molar-refractivity contribution in [2.75, 3.05) is 24.2 Å². The first-order valence-corrected chi connectivity index (χ1v) is 14.9. The molecule has 0 aromatic carbocycles. The Hall–Kier alpha value is -3.48. The summed E-state index contributed by atoms with van der Waals surface area (Å²) in [4.78, 5) is 26.3. The molecule has 38 heavy (non-hydrogen) atoms. The zero-order valence-corrected chi connectivity index (χ0v) is 22.9. The van der Waals surface area contributed by atoms with Gasteiger partial charge >= 0.3 is 0 Å². The molecule has 1 saturated heterocycles. The highest BCUT2D eigenvalue weighted by atomic mass is 32.2. The predicted octanol–water partition coefficient (Wildman–Crippen LogP) is 3.74. The van der Waals surface area contributed by atoms with Gasteiger partial charge < -0.3 is 5.32 Å². The average molecular weight is 552 g/mol. The van der Waals surface area contributed by atoms with Crippen molar-refractivity contribution < 1.29 is 13.2 Å². The van der Waals surface area contributed by atoms with Crippen LogP contribution in [0.5, 0.6) is 0 Å². The van der Waals surface area contributed by atoms with Gasteiger partial charge in [0, 0.05) is 54.6 Å². The van der Waals surface area contributed by atoms with E-state index in [-0.39, 0.29) is 17.6 Å². The number of rotatable bonds is 8. The van der Waals surface area contributed by atoms with Crippen LogP contribution in [0.4, 0.5) is 5.69 Å². The van der Waals surface area contributed by atoms with Crippen molar-refractivity contribution in [2.45, 2.75) is 39.0 Å². The zero-order chi connectivity index (χ0) is 26.7. The first-order valence-electron chi connectivity index (χ1n) is 12.4. The summed E-state index contributed by atoms with van der Waals surface area (Å²) < 4.78 is 29.0. The molecule has 0 atom stereocenters. The lowest BCUT2D eigenvalue weighted by atomic mass is 9.99. The summed E-state index contributed by atoms with van der Waals surface area (Å²) in [5, 5.41) is 10.0. The summed E-state index contributed by atoms with van der Waals surface area (Å²) >= 11 is 1.44. The Kier molecular flexibility index (Phi) is 7.63. The van der Waals surface area contributed by atoms with Crippen molar-refractivity contribution in [2.24, 2.45) is 0 Å². The number of amides is 1. The third kappa shape index (κ3) is 5.82. The van der Waals surface area contributed by atoms with E-state index in [1.54, 1.807) is 38.9 Å². The molecule has 0 radical (unpaired) electrons. The van der Waals surface area contributed by atoms with Gasteiger partial charge in [0.25, 0.3) is 5.91 Å². The number of nitrogens with zero attached hydrogens (tertiary/aromatic N) is 6. The van der Waals surface area contributed by atoms with E-state index in [1.165, 1.54) is 11.3 Å². The van der Waals surface area contributed by atoms with E-state index >= 15 is 0 Å². The molecule has 0 spiro atoms. The van der Waals surface area contributed by atoms with Crippen LogP contribution in [-0.4, -0.2) is 62.2 Å². The van der Waals surface area contributed by atoms with Gasteiger partial charge in [-0.15, -0.1) is 11.3 Å². The summed E-state index contributed by atoms with van der Waals surface area (Å²) in [5.74, 6) is 0.383. The maximum atomic E-state index is 13.0. The molecule has 4 aromatic heterocycles. The van der Waals surface area contributed by atoms with E-state index in [0.29, 0.717) is 49.6 Å². The number of pyridine rings is 2. The number of aromatic nitrogens is 5. The summed E-state index contributed by atoms with van der Waals surface area (Å²) in [7, 11) is -3.36. The van der Waals surface area contributed by atoms with E-state index in [4.69, 9.17) is 0 Å². The normalized spacial score (nSPS) is 15.0. The quantitative estimate of drug-likeness (QED) is 0.354. The van der Waals surface area contributed by atoms with Gasteiger partial charge in [-0.05, 0) is 57.0 Å². The van der Waals surface area contributed by atoms with Gasteiger partial charge in [0.1, 0.15) is 5.69 Å². The molecule has 0 bridgehead atoms. The van der Waals surface area contributed by atoms with Gasteiger partial charge in [-0.2, -0.15) is 5.10 Å². The van der Waals surface area contributed by atoms with Gasteiger partial charge in [0.2, 0.25) is 10.0 Å². The Labute approximate surface area is 225 Å². The molecule has 198 valence electrons. The van der Waals surface area contributed by atoms with E-state index in [2.05, 4.69) is 25.4 Å². The number of carbonyl (C=O) groups is 1. The van der Waals surface area contributed by atoms with Crippen molar-refractivity contribution in [1.29, 1.82) is 0 Å². The van der Waals surface area contributed by atoms with E-state index in [1.807, 2.05) is 38.1 Å². The summed E-state index contributed by atoms with van der Waals surface area (Å²) in [5.41, 5.74) is 3.42. The second kappa shape index (κ2) is 11.1. The largest absolute Gasteiger partial charge is 0.317 e. The number of thiazole rings is 1. The minimum Gasteiger partial charge on any atom is -0.317 e. The number of aryl methyl sites for hydroxylation is 3. The van der Waals surface area contributed by atoms with Crippen LogP contribution in [0.25, 0.3) is 5.82 Å². The molecule has 1 aliphatic rings. The second-order valence-electron chi connectivity index (χ2n) is 9.30. The first kappa shape index (κ1) is 26.1. The zero-order valence-electron chi connectivity index (χ0n) is 21.2. The summed E-state index contributed by atoms with van der Waals surface area (Å²) in [6, 6.07) is 11.0. The van der Waals surface area contributed by atoms with Gasteiger partial charge in [0.15, 0.2) is 5.82 Å². The maximum Gasteiger partial charge on any atom is 0.275 e. The maximum absolute atomic E-state index is 13.0. The van der Waals surface area contributed by atoms with Crippen molar-refractivity contribution in [1.82, 2.24) is 29.0 Å². The molecule has 0 saturated carbocycles. The number of anilines is 1. The van der Waals surface area contributed by atoms with Crippen LogP contribution in [0.15, 0.2) is 54.2 Å². The van der Waals surface area contributed by atoms with Crippen molar-refractivity contribution >= 4 is 33.0 Å². The smallest absolute Gasteiger partial charge is 0.275 e. The number of carbonyl (C=O) groups excluding carboxylic acids is 1. The van der Waals surface area contributed by atoms with Crippen LogP contribution in [0.2, 0.25) is 0 Å². The molecule has 4 aromatic rings. The van der Waals surface area contributed by atoms with Crippen LogP contribution < -0.4 is 5.32 Å². The highest BCUT2D eigenvalue weighted by Gasteiger charge is 2.30. The lowest BCUT2D eigenvalue weighted by Gasteiger charge is -2.30. The summed E-state index contributed by atoms with van der Waals surface area (Å²) in [6.07, 6.45) is 5.07. The Balaban J connectivity index is 1.20. The highest BCUT2D eigenvalue weighted by Crippen LogP contribution is 2.32. The Morgan fingerprint density at radius 3 is 2.61 bits per heavy atom. The van der Waals surface area contributed by atoms with Gasteiger partial charge in [-0.3, -0.25) is 9.78 Å². The number of piperidine rings is 1. The summed E-state index contributed by atoms with van der Waals surface area (Å²) in [6.45, 7) is 4.73.